The van der Waals surface area contributed by atoms with Gasteiger partial charge in [0.1, 0.15) is 5.60 Å². The number of alkyl carbamates (subject to hydrolysis) is 1. The Hall–Kier alpha value is -2.40. The molecule has 2 amide bonds. The molecule has 0 saturated carbocycles. The zero-order valence-corrected chi connectivity index (χ0v) is 17.5. The molecule has 1 aromatic rings. The van der Waals surface area contributed by atoms with Gasteiger partial charge in [0.25, 0.3) is 0 Å². The fourth-order valence-corrected chi connectivity index (χ4v) is 2.34. The molecular weight excluding hydrogens is 380 g/mol. The van der Waals surface area contributed by atoms with E-state index in [2.05, 4.69) is 31.0 Å². The molecule has 0 spiro atoms. The number of aromatic nitrogens is 4. The lowest BCUT2D eigenvalue weighted by atomic mass is 10.1. The number of ether oxygens (including phenoxy) is 1. The number of nitrogens with zero attached hydrogens (tertiary/aromatic N) is 4. The Labute approximate surface area is 170 Å². The highest BCUT2D eigenvalue weighted by molar-refractivity contribution is 5.76. The van der Waals surface area contributed by atoms with Crippen LogP contribution in [0, 0.1) is 6.92 Å². The third-order valence-corrected chi connectivity index (χ3v) is 3.76. The highest BCUT2D eigenvalue weighted by Gasteiger charge is 2.23. The van der Waals surface area contributed by atoms with Crippen molar-refractivity contribution >= 4 is 12.0 Å². The van der Waals surface area contributed by atoms with Crippen LogP contribution in [0.3, 0.4) is 0 Å². The summed E-state index contributed by atoms with van der Waals surface area (Å²) in [5.41, 5.74) is -0.703. The van der Waals surface area contributed by atoms with Crippen molar-refractivity contribution in [1.82, 2.24) is 31.0 Å². The molecule has 1 heterocycles. The van der Waals surface area contributed by atoms with Crippen molar-refractivity contribution in [3.63, 3.8) is 0 Å². The lowest BCUT2D eigenvalue weighted by Crippen LogP contribution is -2.46. The van der Waals surface area contributed by atoms with E-state index in [9.17, 15) is 19.8 Å². The van der Waals surface area contributed by atoms with Gasteiger partial charge in [0.2, 0.25) is 5.91 Å². The van der Waals surface area contributed by atoms with Crippen LogP contribution in [0.2, 0.25) is 0 Å². The second-order valence-corrected chi connectivity index (χ2v) is 7.73. The third kappa shape index (κ3) is 11.9. The normalized spacial score (nSPS) is 12.5. The van der Waals surface area contributed by atoms with Crippen molar-refractivity contribution in [2.75, 3.05) is 6.54 Å². The number of nitrogens with one attached hydrogen (secondary N) is 2. The molecule has 0 fully saturated rings. The number of hydrogen-bond donors (Lipinski definition) is 4. The van der Waals surface area contributed by atoms with Crippen LogP contribution >= 0.6 is 0 Å². The minimum absolute atomic E-state index is 0.0482. The smallest absolute Gasteiger partial charge is 0.408 e. The molecule has 29 heavy (non-hydrogen) atoms. The molecule has 0 radical (unpaired) electrons. The van der Waals surface area contributed by atoms with Crippen molar-refractivity contribution in [2.45, 2.75) is 84.2 Å². The van der Waals surface area contributed by atoms with Gasteiger partial charge in [-0.2, -0.15) is 0 Å². The standard InChI is InChI=1S/C18H32N6O5/c1-12-21-23-14(24-22-12)8-6-5-7-11-19-15(25)10-9-13(16(26)27)20-17(28)29-18(2,3)4/h13,16,26-27H,5-11H2,1-4H3,(H,19,25)(H,20,28). The van der Waals surface area contributed by atoms with E-state index in [1.165, 1.54) is 0 Å². The number of unbranched alkanes of at least 4 members (excludes halogenated alkanes) is 2. The summed E-state index contributed by atoms with van der Waals surface area (Å²) in [5.74, 6) is 0.913. The van der Waals surface area contributed by atoms with Crippen molar-refractivity contribution in [3.05, 3.63) is 11.6 Å². The average molecular weight is 412 g/mol. The number of aryl methyl sites for hydroxylation is 2. The molecule has 0 bridgehead atoms. The van der Waals surface area contributed by atoms with Crippen LogP contribution in [-0.2, 0) is 16.0 Å². The Morgan fingerprint density at radius 2 is 1.72 bits per heavy atom. The van der Waals surface area contributed by atoms with Crippen LogP contribution in [0.1, 0.15) is 64.5 Å². The summed E-state index contributed by atoms with van der Waals surface area (Å²) in [6, 6.07) is -0.993. The van der Waals surface area contributed by atoms with Gasteiger partial charge in [-0.15, -0.1) is 20.4 Å². The Morgan fingerprint density at radius 3 is 2.31 bits per heavy atom. The van der Waals surface area contributed by atoms with Gasteiger partial charge in [-0.05, 0) is 47.0 Å². The summed E-state index contributed by atoms with van der Waals surface area (Å²) in [5, 5.41) is 39.5. The molecule has 11 heteroatoms. The SMILES string of the molecule is Cc1nnc(CCCCCNC(=O)CCC(NC(=O)OC(C)(C)C)C(O)O)nn1. The molecule has 1 rings (SSSR count). The maximum Gasteiger partial charge on any atom is 0.408 e. The molecule has 1 aromatic heterocycles. The van der Waals surface area contributed by atoms with E-state index >= 15 is 0 Å². The fraction of sp³-hybridized carbons (Fsp3) is 0.778. The third-order valence-electron chi connectivity index (χ3n) is 3.76. The van der Waals surface area contributed by atoms with E-state index in [0.717, 1.165) is 19.3 Å². The molecule has 1 atom stereocenters. The number of hydrogen-bond acceptors (Lipinski definition) is 9. The molecule has 0 aliphatic rings. The zero-order chi connectivity index (χ0) is 21.9. The van der Waals surface area contributed by atoms with Gasteiger partial charge in [0.05, 0.1) is 6.04 Å². The van der Waals surface area contributed by atoms with Gasteiger partial charge in [0, 0.05) is 19.4 Å². The number of rotatable bonds is 11. The zero-order valence-electron chi connectivity index (χ0n) is 17.5. The van der Waals surface area contributed by atoms with E-state index in [1.807, 2.05) is 0 Å². The minimum Gasteiger partial charge on any atom is -0.444 e. The molecular formula is C18H32N6O5. The number of carbonyl (C=O) groups is 2. The molecule has 0 aromatic carbocycles. The highest BCUT2D eigenvalue weighted by atomic mass is 16.6. The largest absolute Gasteiger partial charge is 0.444 e. The van der Waals surface area contributed by atoms with Crippen LogP contribution in [0.15, 0.2) is 0 Å². The van der Waals surface area contributed by atoms with Crippen LogP contribution < -0.4 is 10.6 Å². The molecule has 4 N–H and O–H groups in total. The molecule has 164 valence electrons. The quantitative estimate of drug-likeness (QED) is 0.298. The first-order valence-electron chi connectivity index (χ1n) is 9.72. The maximum absolute atomic E-state index is 11.9. The van der Waals surface area contributed by atoms with Gasteiger partial charge in [-0.3, -0.25) is 4.79 Å². The van der Waals surface area contributed by atoms with E-state index in [4.69, 9.17) is 4.74 Å². The Balaban J connectivity index is 2.18. The van der Waals surface area contributed by atoms with Crippen molar-refractivity contribution in [1.29, 1.82) is 0 Å². The monoisotopic (exact) mass is 412 g/mol. The van der Waals surface area contributed by atoms with Crippen LogP contribution in [-0.4, -0.2) is 67.1 Å². The van der Waals surface area contributed by atoms with Crippen molar-refractivity contribution in [3.8, 4) is 0 Å². The second kappa shape index (κ2) is 12.2. The first kappa shape index (κ1) is 24.6. The molecule has 11 nitrogen and oxygen atoms in total. The molecule has 0 aliphatic heterocycles. The Bertz CT molecular complexity index is 633. The molecule has 1 unspecified atom stereocenters. The van der Waals surface area contributed by atoms with Gasteiger partial charge >= 0.3 is 6.09 Å². The topological polar surface area (TPSA) is 159 Å². The maximum atomic E-state index is 11.9. The Kier molecular flexibility index (Phi) is 10.4. The first-order chi connectivity index (χ1) is 13.6. The van der Waals surface area contributed by atoms with E-state index in [1.54, 1.807) is 27.7 Å². The fourth-order valence-electron chi connectivity index (χ4n) is 2.34. The summed E-state index contributed by atoms with van der Waals surface area (Å²) in [4.78, 5) is 23.7. The van der Waals surface area contributed by atoms with E-state index in [0.29, 0.717) is 24.6 Å². The summed E-state index contributed by atoms with van der Waals surface area (Å²) in [6.45, 7) is 7.34. The lowest BCUT2D eigenvalue weighted by molar-refractivity contribution is -0.122. The first-order valence-corrected chi connectivity index (χ1v) is 9.72. The minimum atomic E-state index is -1.79. The molecule has 0 aliphatic carbocycles. The highest BCUT2D eigenvalue weighted by Crippen LogP contribution is 2.09. The van der Waals surface area contributed by atoms with Crippen molar-refractivity contribution in [2.24, 2.45) is 0 Å². The molecule has 0 saturated heterocycles. The van der Waals surface area contributed by atoms with E-state index < -0.39 is 24.0 Å². The number of carbonyl (C=O) groups excluding carboxylic acids is 2. The van der Waals surface area contributed by atoms with Crippen LogP contribution in [0.25, 0.3) is 0 Å². The van der Waals surface area contributed by atoms with Crippen molar-refractivity contribution < 1.29 is 24.5 Å². The number of aliphatic hydroxyl groups is 2. The summed E-state index contributed by atoms with van der Waals surface area (Å²) in [7, 11) is 0. The summed E-state index contributed by atoms with van der Waals surface area (Å²) >= 11 is 0. The van der Waals surface area contributed by atoms with Gasteiger partial charge in [-0.1, -0.05) is 6.42 Å². The Morgan fingerprint density at radius 1 is 1.07 bits per heavy atom. The predicted molar refractivity (Wildman–Crippen MR) is 104 cm³/mol. The summed E-state index contributed by atoms with van der Waals surface area (Å²) in [6.07, 6.45) is 0.792. The lowest BCUT2D eigenvalue weighted by Gasteiger charge is -2.24. The van der Waals surface area contributed by atoms with E-state index in [-0.39, 0.29) is 18.7 Å². The summed E-state index contributed by atoms with van der Waals surface area (Å²) < 4.78 is 5.08. The van der Waals surface area contributed by atoms with Crippen LogP contribution in [0.4, 0.5) is 4.79 Å². The number of amides is 2. The average Bonchev–Trinajstić information content (AvgIpc) is 2.61. The van der Waals surface area contributed by atoms with Gasteiger partial charge < -0.3 is 25.6 Å². The predicted octanol–water partition coefficient (Wildman–Crippen LogP) is 0.388. The van der Waals surface area contributed by atoms with Gasteiger partial charge in [-0.25, -0.2) is 4.79 Å². The van der Waals surface area contributed by atoms with Crippen LogP contribution in [0.5, 0.6) is 0 Å². The van der Waals surface area contributed by atoms with Gasteiger partial charge in [0.15, 0.2) is 17.9 Å². The second-order valence-electron chi connectivity index (χ2n) is 7.73. The number of aliphatic hydroxyl groups excluding tert-OH is 1.